The van der Waals surface area contributed by atoms with Crippen molar-refractivity contribution in [2.45, 2.75) is 52.0 Å². The lowest BCUT2D eigenvalue weighted by molar-refractivity contribution is -0.127. The summed E-state index contributed by atoms with van der Waals surface area (Å²) in [7, 11) is 1.56. The highest BCUT2D eigenvalue weighted by Gasteiger charge is 2.29. The van der Waals surface area contributed by atoms with Crippen LogP contribution in [0.5, 0.6) is 0 Å². The number of amides is 2. The summed E-state index contributed by atoms with van der Waals surface area (Å²) in [6, 6.07) is 15.6. The smallest absolute Gasteiger partial charge is 0.369 e. The molecule has 0 atom stereocenters. The van der Waals surface area contributed by atoms with Crippen LogP contribution >= 0.6 is 70.5 Å². The number of fused-ring (bicyclic) bond motifs is 2. The maximum Gasteiger partial charge on any atom is 0.369 e. The van der Waals surface area contributed by atoms with E-state index >= 15 is 0 Å². The molecule has 2 aliphatic rings. The second-order valence-corrected chi connectivity index (χ2v) is 25.3. The summed E-state index contributed by atoms with van der Waals surface area (Å²) in [6.45, 7) is 17.7. The molecule has 386 valence electrons. The summed E-state index contributed by atoms with van der Waals surface area (Å²) in [5.41, 5.74) is -1.58. The van der Waals surface area contributed by atoms with Crippen LogP contribution in [0.25, 0.3) is 44.6 Å². The average Bonchev–Trinajstić information content (AvgIpc) is 3.35. The second-order valence-electron chi connectivity index (χ2n) is 18.0. The monoisotopic (exact) mass is 1230 g/mol. The van der Waals surface area contributed by atoms with Gasteiger partial charge in [-0.2, -0.15) is 9.97 Å². The molecule has 0 radical (unpaired) electrons. The Labute approximate surface area is 455 Å². The number of hydrogen-bond donors (Lipinski definition) is 1. The first kappa shape index (κ1) is 57.2. The molecule has 24 heteroatoms. The van der Waals surface area contributed by atoms with Gasteiger partial charge in [0, 0.05) is 70.6 Å². The van der Waals surface area contributed by atoms with Gasteiger partial charge in [0.15, 0.2) is 0 Å². The molecule has 0 unspecified atom stereocenters. The first-order chi connectivity index (χ1) is 34.5. The molecule has 2 amide bonds. The second kappa shape index (κ2) is 24.5. The highest BCUT2D eigenvalue weighted by atomic mass is 79.9. The number of ether oxygens (including phenoxy) is 1. The molecule has 0 saturated carbocycles. The van der Waals surface area contributed by atoms with Gasteiger partial charge < -0.3 is 29.4 Å². The predicted octanol–water partition coefficient (Wildman–Crippen LogP) is 8.52. The minimum absolute atomic E-state index is 0.0669. The van der Waals surface area contributed by atoms with Crippen molar-refractivity contribution in [1.82, 2.24) is 38.9 Å². The number of aromatic nitrogens is 6. The Morgan fingerprint density at radius 2 is 1.04 bits per heavy atom. The third-order valence-electron chi connectivity index (χ3n) is 11.8. The summed E-state index contributed by atoms with van der Waals surface area (Å²) in [6.07, 6.45) is 2.56. The van der Waals surface area contributed by atoms with Crippen molar-refractivity contribution in [3.8, 4) is 22.5 Å². The van der Waals surface area contributed by atoms with Crippen LogP contribution in [0.2, 0.25) is 10.0 Å². The van der Waals surface area contributed by atoms with E-state index in [2.05, 4.69) is 80.4 Å². The van der Waals surface area contributed by atoms with Crippen LogP contribution in [-0.2, 0) is 27.4 Å². The minimum Gasteiger partial charge on any atom is -0.389 e. The van der Waals surface area contributed by atoms with E-state index in [0.29, 0.717) is 80.4 Å². The standard InChI is InChI=1S/C25H27ClFN5O3.C24H25ClFN5O3.BBr3/c1-5-20(33)30-10-12-31(13-11-30)22-17-14-18(26)21(16-8-6-7-9-19(16)27)28-23(17)32(24(34)29-22)15-25(2,3)35-4;1-4-19(32)29-9-11-30(12-10-29)21-16-13-17(25)20(15-7-5-6-8-18(15)26)27-22(16)31(23(33)28-21)14-24(2,3)34;2-1(3)4/h5-9,14H,1,10-13,15H2,2-4H3;4-8,13,34H,1,9-12,14H2,2-3H3;. The first-order valence-corrected chi connectivity index (χ1v) is 26.2. The molecule has 2 aromatic carbocycles. The van der Waals surface area contributed by atoms with Crippen molar-refractivity contribution in [3.05, 3.63) is 129 Å². The lowest BCUT2D eigenvalue weighted by Gasteiger charge is -2.35. The van der Waals surface area contributed by atoms with Crippen LogP contribution in [0, 0.1) is 11.6 Å². The summed E-state index contributed by atoms with van der Waals surface area (Å²) in [4.78, 5) is 75.4. The number of hydrogen-bond acceptors (Lipinski definition) is 12. The Morgan fingerprint density at radius 3 is 1.37 bits per heavy atom. The summed E-state index contributed by atoms with van der Waals surface area (Å²) in [5.74, 6) is -0.449. The van der Waals surface area contributed by atoms with Crippen molar-refractivity contribution >= 4 is 119 Å². The highest BCUT2D eigenvalue weighted by molar-refractivity contribution is 9.69. The van der Waals surface area contributed by atoms with Gasteiger partial charge in [0.1, 0.15) is 34.6 Å². The summed E-state index contributed by atoms with van der Waals surface area (Å²) >= 11 is 22.5. The third kappa shape index (κ3) is 14.0. The fraction of sp³-hybridized carbons (Fsp3) is 0.347. The number of pyridine rings is 2. The van der Waals surface area contributed by atoms with Crippen molar-refractivity contribution in [1.29, 1.82) is 0 Å². The summed E-state index contributed by atoms with van der Waals surface area (Å²) in [5, 5.41) is 11.9. The predicted molar refractivity (Wildman–Crippen MR) is 296 cm³/mol. The number of methoxy groups -OCH3 is 1. The zero-order valence-corrected chi connectivity index (χ0v) is 46.9. The Morgan fingerprint density at radius 1 is 0.685 bits per heavy atom. The van der Waals surface area contributed by atoms with Crippen molar-refractivity contribution in [2.75, 3.05) is 69.3 Å². The third-order valence-corrected chi connectivity index (χ3v) is 12.4. The number of halogens is 7. The van der Waals surface area contributed by atoms with Crippen molar-refractivity contribution < 1.29 is 28.2 Å². The van der Waals surface area contributed by atoms with Crippen LogP contribution in [-0.4, -0.2) is 130 Å². The van der Waals surface area contributed by atoms with Gasteiger partial charge in [-0.05, 0) is 76.2 Å². The van der Waals surface area contributed by atoms with Gasteiger partial charge in [0.2, 0.25) is 11.8 Å². The Kier molecular flexibility index (Phi) is 19.2. The van der Waals surface area contributed by atoms with Crippen molar-refractivity contribution in [2.24, 2.45) is 0 Å². The Hall–Kier alpha value is -5.10. The SMILES string of the molecule is BrB(Br)Br.C=CC(=O)N1CCN(c2nc(=O)n(CC(C)(C)O)c3nc(-c4ccccc4F)c(Cl)cc23)CC1.C=CC(=O)N1CCN(c2nc(=O)n(CC(C)(C)OC)c3nc(-c4ccccc4F)c(Cl)cc23)CC1. The van der Waals surface area contributed by atoms with Crippen LogP contribution in [0.15, 0.2) is 95.6 Å². The Bertz CT molecular complexity index is 3160. The topological polar surface area (TPSA) is 172 Å². The van der Waals surface area contributed by atoms with Crippen LogP contribution in [0.1, 0.15) is 27.7 Å². The number of nitrogens with zero attached hydrogens (tertiary/aromatic N) is 10. The molecule has 0 bridgehead atoms. The maximum atomic E-state index is 14.6. The number of aliphatic hydroxyl groups is 1. The molecule has 1 N–H and O–H groups in total. The molecule has 2 fully saturated rings. The van der Waals surface area contributed by atoms with Crippen LogP contribution in [0.4, 0.5) is 20.4 Å². The van der Waals surface area contributed by atoms with Gasteiger partial charge in [0.25, 0.3) is 0 Å². The quantitative estimate of drug-likeness (QED) is 0.0970. The molecule has 73 heavy (non-hydrogen) atoms. The van der Waals surface area contributed by atoms with Gasteiger partial charge in [-0.15, -0.1) is 47.3 Å². The zero-order chi connectivity index (χ0) is 53.5. The van der Waals surface area contributed by atoms with E-state index in [1.54, 1.807) is 79.3 Å². The van der Waals surface area contributed by atoms with E-state index in [9.17, 15) is 33.1 Å². The van der Waals surface area contributed by atoms with E-state index in [-0.39, 0.29) is 66.3 Å². The van der Waals surface area contributed by atoms with Gasteiger partial charge in [-0.3, -0.25) is 18.7 Å². The molecule has 8 rings (SSSR count). The van der Waals surface area contributed by atoms with Gasteiger partial charge in [-0.1, -0.05) is 60.6 Å². The van der Waals surface area contributed by atoms with Gasteiger partial charge >= 0.3 is 14.6 Å². The molecule has 16 nitrogen and oxygen atoms in total. The van der Waals surface area contributed by atoms with E-state index in [1.165, 1.54) is 33.4 Å². The maximum absolute atomic E-state index is 14.6. The fourth-order valence-corrected chi connectivity index (χ4v) is 8.63. The lowest BCUT2D eigenvalue weighted by atomic mass is 10.1. The molecule has 6 heterocycles. The normalized spacial score (nSPS) is 14.0. The number of carbonyl (C=O) groups excluding carboxylic acids is 2. The highest BCUT2D eigenvalue weighted by Crippen LogP contribution is 2.36. The zero-order valence-electron chi connectivity index (χ0n) is 40.6. The van der Waals surface area contributed by atoms with E-state index in [4.69, 9.17) is 27.9 Å². The largest absolute Gasteiger partial charge is 0.389 e. The first-order valence-electron chi connectivity index (χ1n) is 22.7. The van der Waals surface area contributed by atoms with Crippen molar-refractivity contribution in [3.63, 3.8) is 0 Å². The van der Waals surface area contributed by atoms with Gasteiger partial charge in [-0.25, -0.2) is 28.3 Å². The number of piperazine rings is 2. The van der Waals surface area contributed by atoms with Crippen LogP contribution in [0.3, 0.4) is 0 Å². The molecule has 0 aliphatic carbocycles. The summed E-state index contributed by atoms with van der Waals surface area (Å²) < 4.78 is 37.7. The molecular formula is C49H52BBr3Cl2F2N10O6. The average molecular weight is 1240 g/mol. The van der Waals surface area contributed by atoms with E-state index < -0.39 is 34.2 Å². The number of rotatable bonds is 11. The minimum atomic E-state index is -1.23. The van der Waals surface area contributed by atoms with Crippen LogP contribution < -0.4 is 21.2 Å². The van der Waals surface area contributed by atoms with E-state index in [1.807, 2.05) is 23.6 Å². The lowest BCUT2D eigenvalue weighted by Crippen LogP contribution is -2.49. The Balaban J connectivity index is 0.000000222. The molecule has 4 aromatic heterocycles. The van der Waals surface area contributed by atoms with Gasteiger partial charge in [0.05, 0.1) is 56.5 Å². The number of anilines is 2. The molecular weight excluding hydrogens is 1180 g/mol. The molecule has 0 spiro atoms. The molecule has 2 aliphatic heterocycles. The molecule has 2 saturated heterocycles. The fourth-order valence-electron chi connectivity index (χ4n) is 8.12. The van der Waals surface area contributed by atoms with E-state index in [0.717, 1.165) is 0 Å². The molecule has 6 aromatic rings. The number of carbonyl (C=O) groups is 2. The number of benzene rings is 2.